The van der Waals surface area contributed by atoms with Crippen LogP contribution in [0.15, 0.2) is 29.9 Å². The number of hydrogen-bond donors (Lipinski definition) is 3. The van der Waals surface area contributed by atoms with E-state index in [-0.39, 0.29) is 18.0 Å². The van der Waals surface area contributed by atoms with Gasteiger partial charge in [-0.05, 0) is 45.9 Å². The minimum atomic E-state index is -0.00641. The number of aromatic nitrogens is 1. The molecule has 126 valence electrons. The van der Waals surface area contributed by atoms with E-state index in [0.29, 0.717) is 13.2 Å². The molecule has 2 heterocycles. The van der Waals surface area contributed by atoms with Gasteiger partial charge in [0.05, 0.1) is 12.7 Å². The highest BCUT2D eigenvalue weighted by Gasteiger charge is 2.27. The van der Waals surface area contributed by atoms with Crippen molar-refractivity contribution < 1.29 is 4.79 Å². The average molecular weight is 317 g/mol. The number of anilines is 1. The fourth-order valence-corrected chi connectivity index (χ4v) is 2.95. The molecule has 0 aromatic carbocycles. The summed E-state index contributed by atoms with van der Waals surface area (Å²) in [6, 6.07) is 2.42. The second kappa shape index (κ2) is 7.97. The topological polar surface area (TPSA) is 72.5 Å². The Morgan fingerprint density at radius 1 is 1.57 bits per heavy atom. The van der Waals surface area contributed by atoms with Gasteiger partial charge in [-0.3, -0.25) is 9.79 Å². The number of piperidine rings is 1. The van der Waals surface area contributed by atoms with Crippen LogP contribution < -0.4 is 10.6 Å². The third-order valence-electron chi connectivity index (χ3n) is 4.27. The molecule has 6 nitrogen and oxygen atoms in total. The zero-order chi connectivity index (χ0) is 16.8. The Morgan fingerprint density at radius 2 is 2.35 bits per heavy atom. The van der Waals surface area contributed by atoms with E-state index in [1.807, 2.05) is 31.1 Å². The fourth-order valence-electron chi connectivity index (χ4n) is 2.95. The molecule has 2 atom stereocenters. The second-order valence-electron chi connectivity index (χ2n) is 5.96. The van der Waals surface area contributed by atoms with E-state index < -0.39 is 0 Å². The largest absolute Gasteiger partial charge is 0.359 e. The molecule has 0 radical (unpaired) electrons. The summed E-state index contributed by atoms with van der Waals surface area (Å²) in [6.07, 6.45) is 5.27. The Kier molecular flexibility index (Phi) is 5.98. The smallest absolute Gasteiger partial charge is 0.246 e. The minimum Gasteiger partial charge on any atom is -0.359 e. The van der Waals surface area contributed by atoms with Crippen LogP contribution in [0.3, 0.4) is 0 Å². The Morgan fingerprint density at radius 3 is 3.04 bits per heavy atom. The second-order valence-corrected chi connectivity index (χ2v) is 5.96. The van der Waals surface area contributed by atoms with E-state index >= 15 is 0 Å². The average Bonchev–Trinajstić information content (AvgIpc) is 3.02. The van der Waals surface area contributed by atoms with Gasteiger partial charge in [-0.2, -0.15) is 0 Å². The maximum atomic E-state index is 11.9. The normalized spacial score (nSPS) is 22.0. The van der Waals surface area contributed by atoms with E-state index in [2.05, 4.69) is 29.1 Å². The van der Waals surface area contributed by atoms with E-state index in [1.54, 1.807) is 0 Å². The summed E-state index contributed by atoms with van der Waals surface area (Å²) in [5, 5.41) is 6.34. The molecule has 0 spiro atoms. The summed E-state index contributed by atoms with van der Waals surface area (Å²) in [5.74, 6) is 0.955. The molecule has 1 saturated heterocycles. The van der Waals surface area contributed by atoms with Gasteiger partial charge in [0.1, 0.15) is 5.82 Å². The zero-order valence-electron chi connectivity index (χ0n) is 14.2. The molecule has 1 aliphatic rings. The fraction of sp³-hybridized carbons (Fsp3) is 0.529. The monoisotopic (exact) mass is 317 g/mol. The molecule has 1 aromatic heterocycles. The first-order valence-corrected chi connectivity index (χ1v) is 8.10. The van der Waals surface area contributed by atoms with Crippen molar-refractivity contribution in [2.75, 3.05) is 25.6 Å². The molecule has 0 aliphatic carbocycles. The van der Waals surface area contributed by atoms with Crippen LogP contribution in [0, 0.1) is 0 Å². The minimum absolute atomic E-state index is 0.00641. The molecule has 1 aromatic rings. The van der Waals surface area contributed by atoms with Gasteiger partial charge in [-0.1, -0.05) is 6.58 Å². The van der Waals surface area contributed by atoms with Crippen molar-refractivity contribution in [1.29, 1.82) is 0 Å². The first kappa shape index (κ1) is 17.3. The molecule has 23 heavy (non-hydrogen) atoms. The number of amides is 1. The lowest BCUT2D eigenvalue weighted by atomic mass is 9.99. The van der Waals surface area contributed by atoms with Crippen molar-refractivity contribution in [1.82, 2.24) is 15.2 Å². The maximum Gasteiger partial charge on any atom is 0.246 e. The summed E-state index contributed by atoms with van der Waals surface area (Å²) in [7, 11) is 1.89. The highest BCUT2D eigenvalue weighted by Crippen LogP contribution is 2.21. The molecule has 2 rings (SSSR count). The molecule has 1 aliphatic heterocycles. The van der Waals surface area contributed by atoms with Crippen LogP contribution in [-0.4, -0.2) is 53.8 Å². The maximum absolute atomic E-state index is 11.9. The Hall–Kier alpha value is -2.08. The van der Waals surface area contributed by atoms with Gasteiger partial charge >= 0.3 is 0 Å². The Balaban J connectivity index is 2.10. The molecule has 3 N–H and O–H groups in total. The van der Waals surface area contributed by atoms with E-state index in [9.17, 15) is 4.79 Å². The van der Waals surface area contributed by atoms with Crippen molar-refractivity contribution in [3.05, 3.63) is 30.5 Å². The molecule has 0 saturated carbocycles. The molecule has 1 amide bonds. The van der Waals surface area contributed by atoms with Crippen LogP contribution in [0.5, 0.6) is 0 Å². The van der Waals surface area contributed by atoms with Gasteiger partial charge < -0.3 is 20.5 Å². The van der Waals surface area contributed by atoms with Crippen LogP contribution in [-0.2, 0) is 4.79 Å². The van der Waals surface area contributed by atoms with Gasteiger partial charge in [0.15, 0.2) is 0 Å². The number of likely N-dealkylation sites (tertiary alicyclic amines) is 1. The van der Waals surface area contributed by atoms with Crippen LogP contribution in [0.25, 0.3) is 0 Å². The Labute approximate surface area is 138 Å². The van der Waals surface area contributed by atoms with Crippen molar-refractivity contribution in [3.8, 4) is 0 Å². The van der Waals surface area contributed by atoms with Crippen LogP contribution in [0.2, 0.25) is 0 Å². The van der Waals surface area contributed by atoms with Crippen LogP contribution >= 0.6 is 0 Å². The molecule has 0 bridgehead atoms. The highest BCUT2D eigenvalue weighted by molar-refractivity contribution is 6.03. The predicted octanol–water partition coefficient (Wildman–Crippen LogP) is 1.98. The molecular weight excluding hydrogens is 290 g/mol. The summed E-state index contributed by atoms with van der Waals surface area (Å²) in [4.78, 5) is 21.9. The van der Waals surface area contributed by atoms with Crippen molar-refractivity contribution in [3.63, 3.8) is 0 Å². The lowest BCUT2D eigenvalue weighted by Crippen LogP contribution is -2.46. The van der Waals surface area contributed by atoms with Crippen LogP contribution in [0.4, 0.5) is 5.82 Å². The zero-order valence-corrected chi connectivity index (χ0v) is 14.2. The van der Waals surface area contributed by atoms with Crippen LogP contribution in [0.1, 0.15) is 32.3 Å². The van der Waals surface area contributed by atoms with Crippen molar-refractivity contribution in [2.24, 2.45) is 4.99 Å². The van der Waals surface area contributed by atoms with Gasteiger partial charge in [-0.15, -0.1) is 0 Å². The first-order chi connectivity index (χ1) is 11.1. The van der Waals surface area contributed by atoms with E-state index in [0.717, 1.165) is 29.9 Å². The quantitative estimate of drug-likeness (QED) is 0.427. The number of rotatable bonds is 6. The lowest BCUT2D eigenvalue weighted by Gasteiger charge is -2.36. The summed E-state index contributed by atoms with van der Waals surface area (Å²) in [5.41, 5.74) is 2.05. The molecule has 0 unspecified atom stereocenters. The lowest BCUT2D eigenvalue weighted by molar-refractivity contribution is -0.129. The van der Waals surface area contributed by atoms with E-state index in [4.69, 9.17) is 4.99 Å². The third-order valence-corrected chi connectivity index (χ3v) is 4.27. The molecule has 6 heteroatoms. The van der Waals surface area contributed by atoms with Gasteiger partial charge in [-0.25, -0.2) is 0 Å². The number of H-pyrrole nitrogens is 1. The van der Waals surface area contributed by atoms with Gasteiger partial charge in [0, 0.05) is 30.1 Å². The van der Waals surface area contributed by atoms with Crippen molar-refractivity contribution >= 4 is 17.4 Å². The SMILES string of the molecule is C=CC(=O)N1C[C@H](N=C(C)c2cc[nH]c2NCNC)CC[C@@H]1C. The molecule has 1 fully saturated rings. The van der Waals surface area contributed by atoms with Gasteiger partial charge in [0.2, 0.25) is 5.91 Å². The Bertz CT molecular complexity index is 577. The number of aromatic amines is 1. The van der Waals surface area contributed by atoms with Gasteiger partial charge in [0.25, 0.3) is 0 Å². The first-order valence-electron chi connectivity index (χ1n) is 8.10. The number of carbonyl (C=O) groups is 1. The summed E-state index contributed by atoms with van der Waals surface area (Å²) < 4.78 is 0. The summed E-state index contributed by atoms with van der Waals surface area (Å²) in [6.45, 7) is 9.04. The highest BCUT2D eigenvalue weighted by atomic mass is 16.2. The number of hydrogen-bond acceptors (Lipinski definition) is 4. The van der Waals surface area contributed by atoms with Crippen molar-refractivity contribution in [2.45, 2.75) is 38.8 Å². The summed E-state index contributed by atoms with van der Waals surface area (Å²) >= 11 is 0. The third kappa shape index (κ3) is 4.22. The van der Waals surface area contributed by atoms with E-state index in [1.165, 1.54) is 6.08 Å². The predicted molar refractivity (Wildman–Crippen MR) is 94.9 cm³/mol. The standard InChI is InChI=1S/C17H27N5O/c1-5-16(23)22-10-14(7-6-12(22)2)21-13(3)15-8-9-19-17(15)20-11-18-4/h5,8-9,12,14,18-20H,1,6-7,10-11H2,2-4H3/t12-,14+/m0/s1. The number of nitrogens with zero attached hydrogens (tertiary/aromatic N) is 2. The number of carbonyl (C=O) groups excluding carboxylic acids is 1. The number of aliphatic imine (C=N–C) groups is 1. The number of nitrogens with one attached hydrogen (secondary N) is 3. The molecular formula is C17H27N5O.